The highest BCUT2D eigenvalue weighted by molar-refractivity contribution is 6.00. The number of nitro benzene ring substituents is 1. The summed E-state index contributed by atoms with van der Waals surface area (Å²) in [4.78, 5) is 21.7. The molecule has 1 heterocycles. The van der Waals surface area contributed by atoms with Crippen LogP contribution < -0.4 is 10.7 Å². The average molecular weight is 236 g/mol. The number of anilines is 2. The molecular formula is C10H12N4O3. The third-order valence-electron chi connectivity index (χ3n) is 2.39. The van der Waals surface area contributed by atoms with Crippen LogP contribution in [0, 0.1) is 10.1 Å². The lowest BCUT2D eigenvalue weighted by molar-refractivity contribution is -0.384. The first-order chi connectivity index (χ1) is 7.97. The number of nitrogens with one attached hydrogen (secondary N) is 2. The second-order valence-electron chi connectivity index (χ2n) is 4.01. The lowest BCUT2D eigenvalue weighted by Crippen LogP contribution is -2.20. The second kappa shape index (κ2) is 4.02. The molecule has 90 valence electrons. The van der Waals surface area contributed by atoms with Crippen LogP contribution in [-0.2, 0) is 11.2 Å². The van der Waals surface area contributed by atoms with Crippen LogP contribution in [0.25, 0.3) is 0 Å². The third kappa shape index (κ3) is 2.18. The van der Waals surface area contributed by atoms with E-state index in [1.54, 1.807) is 25.2 Å². The van der Waals surface area contributed by atoms with E-state index in [-0.39, 0.29) is 18.0 Å². The van der Waals surface area contributed by atoms with Gasteiger partial charge in [-0.25, -0.2) is 5.01 Å². The van der Waals surface area contributed by atoms with E-state index in [4.69, 9.17) is 0 Å². The van der Waals surface area contributed by atoms with Gasteiger partial charge in [-0.05, 0) is 11.6 Å². The predicted molar refractivity (Wildman–Crippen MR) is 62.7 cm³/mol. The van der Waals surface area contributed by atoms with Gasteiger partial charge in [-0.3, -0.25) is 14.9 Å². The van der Waals surface area contributed by atoms with Crippen molar-refractivity contribution in [3.05, 3.63) is 27.8 Å². The van der Waals surface area contributed by atoms with Crippen LogP contribution in [0.1, 0.15) is 5.56 Å². The van der Waals surface area contributed by atoms with Crippen LogP contribution in [0.5, 0.6) is 0 Å². The molecule has 0 saturated carbocycles. The van der Waals surface area contributed by atoms with E-state index >= 15 is 0 Å². The van der Waals surface area contributed by atoms with Crippen molar-refractivity contribution in [1.82, 2.24) is 5.01 Å². The Morgan fingerprint density at radius 3 is 2.76 bits per heavy atom. The van der Waals surface area contributed by atoms with Crippen molar-refractivity contribution in [2.24, 2.45) is 0 Å². The zero-order valence-electron chi connectivity index (χ0n) is 9.48. The molecule has 7 heteroatoms. The number of hydrogen-bond donors (Lipinski definition) is 2. The van der Waals surface area contributed by atoms with Crippen molar-refractivity contribution in [1.29, 1.82) is 0 Å². The van der Waals surface area contributed by atoms with Gasteiger partial charge in [-0.2, -0.15) is 0 Å². The maximum Gasteiger partial charge on any atom is 0.294 e. The zero-order valence-corrected chi connectivity index (χ0v) is 9.48. The number of amides is 1. The standard InChI is InChI=1S/C10H12N4O3/c1-13(2)12-8-5-7-6(4-10(15)11-7)3-9(8)14(16)17/h3,5,12H,4H2,1-2H3,(H,11,15). The lowest BCUT2D eigenvalue weighted by atomic mass is 10.1. The van der Waals surface area contributed by atoms with Crippen LogP contribution >= 0.6 is 0 Å². The molecule has 1 aliphatic heterocycles. The maximum atomic E-state index is 11.2. The molecule has 1 aromatic rings. The monoisotopic (exact) mass is 236 g/mol. The molecule has 0 unspecified atom stereocenters. The van der Waals surface area contributed by atoms with Gasteiger partial charge in [0.15, 0.2) is 0 Å². The van der Waals surface area contributed by atoms with Gasteiger partial charge in [0, 0.05) is 25.8 Å². The van der Waals surface area contributed by atoms with Crippen LogP contribution in [0.2, 0.25) is 0 Å². The minimum Gasteiger partial charge on any atom is -0.325 e. The molecule has 1 aliphatic rings. The van der Waals surface area contributed by atoms with Crippen LogP contribution in [0.15, 0.2) is 12.1 Å². The number of hydrazine groups is 1. The topological polar surface area (TPSA) is 87.5 Å². The summed E-state index contributed by atoms with van der Waals surface area (Å²) in [6.07, 6.45) is 0.193. The van der Waals surface area contributed by atoms with Gasteiger partial charge in [0.1, 0.15) is 5.69 Å². The SMILES string of the molecule is CN(C)Nc1cc2c(cc1[N+](=O)[O-])CC(=O)N2. The molecular weight excluding hydrogens is 224 g/mol. The molecule has 2 rings (SSSR count). The van der Waals surface area contributed by atoms with Crippen molar-refractivity contribution in [2.45, 2.75) is 6.42 Å². The van der Waals surface area contributed by atoms with Crippen LogP contribution in [-0.4, -0.2) is 29.9 Å². The van der Waals surface area contributed by atoms with Gasteiger partial charge < -0.3 is 10.7 Å². The van der Waals surface area contributed by atoms with E-state index in [9.17, 15) is 14.9 Å². The highest BCUT2D eigenvalue weighted by Crippen LogP contribution is 2.34. The number of hydrogen-bond acceptors (Lipinski definition) is 5. The Hall–Kier alpha value is -2.15. The quantitative estimate of drug-likeness (QED) is 0.603. The molecule has 0 aromatic heterocycles. The number of carbonyl (C=O) groups is 1. The Bertz CT molecular complexity index is 499. The fraction of sp³-hybridized carbons (Fsp3) is 0.300. The largest absolute Gasteiger partial charge is 0.325 e. The summed E-state index contributed by atoms with van der Waals surface area (Å²) in [5.74, 6) is -0.142. The number of benzene rings is 1. The highest BCUT2D eigenvalue weighted by atomic mass is 16.6. The Kier molecular flexibility index (Phi) is 2.68. The fourth-order valence-electron chi connectivity index (χ4n) is 1.74. The van der Waals surface area contributed by atoms with E-state index in [0.29, 0.717) is 16.9 Å². The van der Waals surface area contributed by atoms with E-state index in [1.165, 1.54) is 6.07 Å². The Labute approximate surface area is 97.5 Å². The highest BCUT2D eigenvalue weighted by Gasteiger charge is 2.24. The number of nitrogens with zero attached hydrogens (tertiary/aromatic N) is 2. The summed E-state index contributed by atoms with van der Waals surface area (Å²) in [5, 5.41) is 15.2. The number of carbonyl (C=O) groups excluding carboxylic acids is 1. The van der Waals surface area contributed by atoms with E-state index in [1.807, 2.05) is 0 Å². The predicted octanol–water partition coefficient (Wildman–Crippen LogP) is 0.978. The Morgan fingerprint density at radius 1 is 1.47 bits per heavy atom. The first-order valence-corrected chi connectivity index (χ1v) is 5.02. The van der Waals surface area contributed by atoms with Gasteiger partial charge in [0.05, 0.1) is 11.3 Å². The summed E-state index contributed by atoms with van der Waals surface area (Å²) < 4.78 is 0. The van der Waals surface area contributed by atoms with Gasteiger partial charge in [0.2, 0.25) is 5.91 Å². The molecule has 0 aliphatic carbocycles. The number of rotatable bonds is 3. The minimum absolute atomic E-state index is 0.0334. The van der Waals surface area contributed by atoms with Gasteiger partial charge in [-0.1, -0.05) is 0 Å². The van der Waals surface area contributed by atoms with Crippen molar-refractivity contribution in [3.63, 3.8) is 0 Å². The summed E-state index contributed by atoms with van der Waals surface area (Å²) in [7, 11) is 3.46. The number of nitro groups is 1. The summed E-state index contributed by atoms with van der Waals surface area (Å²) in [5.41, 5.74) is 4.46. The molecule has 2 N–H and O–H groups in total. The van der Waals surface area contributed by atoms with Crippen molar-refractivity contribution in [2.75, 3.05) is 24.8 Å². The summed E-state index contributed by atoms with van der Waals surface area (Å²) >= 11 is 0. The molecule has 0 radical (unpaired) electrons. The summed E-state index contributed by atoms with van der Waals surface area (Å²) in [6, 6.07) is 3.01. The van der Waals surface area contributed by atoms with Gasteiger partial charge >= 0.3 is 0 Å². The first kappa shape index (κ1) is 11.3. The Morgan fingerprint density at radius 2 is 2.18 bits per heavy atom. The van der Waals surface area contributed by atoms with Crippen LogP contribution in [0.4, 0.5) is 17.1 Å². The van der Waals surface area contributed by atoms with E-state index in [0.717, 1.165) is 0 Å². The van der Waals surface area contributed by atoms with Crippen molar-refractivity contribution >= 4 is 23.0 Å². The molecule has 1 aromatic carbocycles. The normalized spacial score (nSPS) is 13.5. The molecule has 0 atom stereocenters. The first-order valence-electron chi connectivity index (χ1n) is 5.02. The second-order valence-corrected chi connectivity index (χ2v) is 4.01. The zero-order chi connectivity index (χ0) is 12.6. The van der Waals surface area contributed by atoms with Gasteiger partial charge in [0.25, 0.3) is 5.69 Å². The summed E-state index contributed by atoms with van der Waals surface area (Å²) in [6.45, 7) is 0. The van der Waals surface area contributed by atoms with Crippen molar-refractivity contribution < 1.29 is 9.72 Å². The van der Waals surface area contributed by atoms with Crippen LogP contribution in [0.3, 0.4) is 0 Å². The smallest absolute Gasteiger partial charge is 0.294 e. The third-order valence-corrected chi connectivity index (χ3v) is 2.39. The fourth-order valence-corrected chi connectivity index (χ4v) is 1.74. The molecule has 0 saturated heterocycles. The molecule has 0 spiro atoms. The minimum atomic E-state index is -0.463. The molecule has 17 heavy (non-hydrogen) atoms. The number of fused-ring (bicyclic) bond motifs is 1. The van der Waals surface area contributed by atoms with E-state index < -0.39 is 4.92 Å². The molecule has 1 amide bonds. The van der Waals surface area contributed by atoms with Crippen molar-refractivity contribution in [3.8, 4) is 0 Å². The molecule has 0 fully saturated rings. The average Bonchev–Trinajstić information content (AvgIpc) is 2.54. The van der Waals surface area contributed by atoms with Gasteiger partial charge in [-0.15, -0.1) is 0 Å². The molecule has 7 nitrogen and oxygen atoms in total. The Balaban J connectivity index is 2.47. The lowest BCUT2D eigenvalue weighted by Gasteiger charge is -2.14. The molecule has 0 bridgehead atoms. The van der Waals surface area contributed by atoms with E-state index in [2.05, 4.69) is 10.7 Å². The maximum absolute atomic E-state index is 11.2.